The molecule has 1 aromatic carbocycles. The Kier molecular flexibility index (Phi) is 5.44. The van der Waals surface area contributed by atoms with E-state index in [1.807, 2.05) is 13.8 Å². The van der Waals surface area contributed by atoms with Crippen molar-refractivity contribution in [2.75, 3.05) is 12.3 Å². The molecule has 9 heteroatoms. The molecule has 0 aliphatic carbocycles. The number of aromatic amines is 1. The number of pyridine rings is 1. The molecule has 29 heavy (non-hydrogen) atoms. The van der Waals surface area contributed by atoms with E-state index in [0.29, 0.717) is 34.6 Å². The molecule has 1 unspecified atom stereocenters. The average molecular weight is 407 g/mol. The van der Waals surface area contributed by atoms with E-state index < -0.39 is 17.3 Å². The van der Waals surface area contributed by atoms with Crippen molar-refractivity contribution >= 4 is 17.1 Å². The lowest BCUT2D eigenvalue weighted by Crippen LogP contribution is -2.43. The molecule has 2 aromatic heterocycles. The van der Waals surface area contributed by atoms with E-state index in [4.69, 9.17) is 16.2 Å². The van der Waals surface area contributed by atoms with Gasteiger partial charge in [0.15, 0.2) is 11.6 Å². The summed E-state index contributed by atoms with van der Waals surface area (Å²) in [5.41, 5.74) is 11.9. The first-order chi connectivity index (χ1) is 13.5. The Morgan fingerprint density at radius 1 is 1.21 bits per heavy atom. The molecule has 0 saturated heterocycles. The van der Waals surface area contributed by atoms with E-state index in [-0.39, 0.29) is 18.3 Å². The molecule has 0 aliphatic heterocycles. The van der Waals surface area contributed by atoms with Crippen LogP contribution in [0.5, 0.6) is 5.75 Å². The molecule has 0 spiro atoms. The minimum absolute atomic E-state index is 0.0236. The first-order valence-electron chi connectivity index (χ1n) is 9.20. The maximum absolute atomic E-state index is 13.7. The van der Waals surface area contributed by atoms with E-state index in [2.05, 4.69) is 15.0 Å². The molecule has 0 saturated carbocycles. The maximum Gasteiger partial charge on any atom is 0.419 e. The minimum atomic E-state index is -4.59. The number of ether oxygens (including phenoxy) is 1. The number of imidazole rings is 1. The van der Waals surface area contributed by atoms with Crippen LogP contribution in [0.25, 0.3) is 22.3 Å². The highest BCUT2D eigenvalue weighted by Crippen LogP contribution is 2.40. The van der Waals surface area contributed by atoms with Crippen molar-refractivity contribution in [3.8, 4) is 16.9 Å². The summed E-state index contributed by atoms with van der Waals surface area (Å²) in [5.74, 6) is 0.188. The minimum Gasteiger partial charge on any atom is -0.491 e. The summed E-state index contributed by atoms with van der Waals surface area (Å²) in [4.78, 5) is 10.9. The highest BCUT2D eigenvalue weighted by Gasteiger charge is 2.35. The molecule has 5 N–H and O–H groups in total. The van der Waals surface area contributed by atoms with E-state index >= 15 is 0 Å². The van der Waals surface area contributed by atoms with E-state index in [0.717, 1.165) is 6.07 Å². The van der Waals surface area contributed by atoms with Gasteiger partial charge < -0.3 is 21.2 Å². The van der Waals surface area contributed by atoms with Crippen molar-refractivity contribution in [3.05, 3.63) is 36.0 Å². The van der Waals surface area contributed by atoms with Crippen molar-refractivity contribution in [1.29, 1.82) is 0 Å². The van der Waals surface area contributed by atoms with Crippen LogP contribution in [0.3, 0.4) is 0 Å². The van der Waals surface area contributed by atoms with Crippen LogP contribution in [0, 0.1) is 5.92 Å². The van der Waals surface area contributed by atoms with E-state index in [1.54, 1.807) is 19.1 Å². The highest BCUT2D eigenvalue weighted by atomic mass is 19.4. The van der Waals surface area contributed by atoms with Crippen LogP contribution in [0.4, 0.5) is 19.1 Å². The van der Waals surface area contributed by atoms with Crippen LogP contribution in [-0.2, 0) is 6.18 Å². The molecule has 1 atom stereocenters. The molecule has 0 fully saturated rings. The normalized spacial score (nSPS) is 14.3. The monoisotopic (exact) mass is 407 g/mol. The van der Waals surface area contributed by atoms with Crippen molar-refractivity contribution < 1.29 is 17.9 Å². The van der Waals surface area contributed by atoms with Gasteiger partial charge in [-0.25, -0.2) is 4.98 Å². The smallest absolute Gasteiger partial charge is 0.419 e. The van der Waals surface area contributed by atoms with Crippen molar-refractivity contribution in [1.82, 2.24) is 15.0 Å². The van der Waals surface area contributed by atoms with Gasteiger partial charge >= 0.3 is 6.18 Å². The number of nitrogens with zero attached hydrogens (tertiary/aromatic N) is 2. The number of hydrogen-bond acceptors (Lipinski definition) is 5. The number of benzene rings is 1. The number of hydrogen-bond donors (Lipinski definition) is 3. The third kappa shape index (κ3) is 4.79. The number of nitrogens with two attached hydrogens (primary N) is 2. The van der Waals surface area contributed by atoms with Gasteiger partial charge in [-0.15, -0.1) is 0 Å². The van der Waals surface area contributed by atoms with Crippen LogP contribution in [0.1, 0.15) is 32.8 Å². The van der Waals surface area contributed by atoms with Crippen LogP contribution in [0.15, 0.2) is 30.5 Å². The van der Waals surface area contributed by atoms with Gasteiger partial charge in [0.05, 0.1) is 11.1 Å². The molecule has 0 aliphatic rings. The molecular weight excluding hydrogens is 383 g/mol. The molecule has 0 amide bonds. The Labute approximate surface area is 166 Å². The largest absolute Gasteiger partial charge is 0.491 e. The predicted molar refractivity (Wildman–Crippen MR) is 106 cm³/mol. The summed E-state index contributed by atoms with van der Waals surface area (Å²) in [6.07, 6.45) is -2.49. The fourth-order valence-corrected chi connectivity index (χ4v) is 3.45. The Morgan fingerprint density at radius 2 is 1.93 bits per heavy atom. The number of halogens is 3. The second kappa shape index (κ2) is 7.55. The number of anilines is 1. The van der Waals surface area contributed by atoms with Gasteiger partial charge in [-0.1, -0.05) is 19.9 Å². The Morgan fingerprint density at radius 3 is 2.59 bits per heavy atom. The third-order valence-corrected chi connectivity index (χ3v) is 4.44. The van der Waals surface area contributed by atoms with Crippen molar-refractivity contribution in [2.24, 2.45) is 11.7 Å². The van der Waals surface area contributed by atoms with Gasteiger partial charge in [0.2, 0.25) is 0 Å². The van der Waals surface area contributed by atoms with E-state index in [9.17, 15) is 13.2 Å². The van der Waals surface area contributed by atoms with Gasteiger partial charge in [0.25, 0.3) is 0 Å². The Balaban J connectivity index is 1.98. The fraction of sp³-hybridized carbons (Fsp3) is 0.400. The van der Waals surface area contributed by atoms with Gasteiger partial charge in [-0.3, -0.25) is 0 Å². The lowest BCUT2D eigenvalue weighted by atomic mass is 9.93. The zero-order chi connectivity index (χ0) is 21.4. The molecule has 3 rings (SSSR count). The van der Waals surface area contributed by atoms with E-state index in [1.165, 1.54) is 12.3 Å². The molecule has 2 heterocycles. The molecule has 0 bridgehead atoms. The maximum atomic E-state index is 13.7. The number of nitrogen functional groups attached to an aromatic ring is 1. The molecule has 0 radical (unpaired) electrons. The summed E-state index contributed by atoms with van der Waals surface area (Å²) in [6.45, 7) is 5.74. The van der Waals surface area contributed by atoms with Crippen LogP contribution in [0.2, 0.25) is 0 Å². The van der Waals surface area contributed by atoms with Crippen LogP contribution < -0.4 is 16.2 Å². The molecule has 6 nitrogen and oxygen atoms in total. The number of fused-ring (bicyclic) bond motifs is 1. The standard InChI is InChI=1S/C20H24F3N5O/c1-11(2)9-19(3,25)10-29-15-5-4-12(8-14(15)20(21,22)23)13-6-7-26-17-16(13)27-18(24)28-17/h4-8,11H,9-10,25H2,1-3H3,(H3,24,26,27,28). The van der Waals surface area contributed by atoms with Gasteiger partial charge in [-0.2, -0.15) is 18.2 Å². The first-order valence-corrected chi connectivity index (χ1v) is 9.20. The van der Waals surface area contributed by atoms with Gasteiger partial charge in [-0.05, 0) is 43.0 Å². The quantitative estimate of drug-likeness (QED) is 0.563. The SMILES string of the molecule is CC(C)CC(C)(N)COc1ccc(-c2ccnc3nc(N)[nH]c23)cc1C(F)(F)F. The zero-order valence-electron chi connectivity index (χ0n) is 16.5. The molecule has 3 aromatic rings. The molecule has 156 valence electrons. The van der Waals surface area contributed by atoms with Crippen molar-refractivity contribution in [2.45, 2.75) is 38.9 Å². The third-order valence-electron chi connectivity index (χ3n) is 4.44. The lowest BCUT2D eigenvalue weighted by Gasteiger charge is -2.27. The number of nitrogens with one attached hydrogen (secondary N) is 1. The summed E-state index contributed by atoms with van der Waals surface area (Å²) in [6, 6.07) is 5.54. The summed E-state index contributed by atoms with van der Waals surface area (Å²) in [7, 11) is 0. The second-order valence-corrected chi connectivity index (χ2v) is 7.93. The summed E-state index contributed by atoms with van der Waals surface area (Å²) < 4.78 is 46.7. The molecular formula is C20H24F3N5O. The fourth-order valence-electron chi connectivity index (χ4n) is 3.45. The Bertz CT molecular complexity index is 1010. The summed E-state index contributed by atoms with van der Waals surface area (Å²) >= 11 is 0. The average Bonchev–Trinajstić information content (AvgIpc) is 2.98. The Hall–Kier alpha value is -2.81. The van der Waals surface area contributed by atoms with Crippen molar-refractivity contribution in [3.63, 3.8) is 0 Å². The topological polar surface area (TPSA) is 103 Å². The first kappa shape index (κ1) is 20.9. The highest BCUT2D eigenvalue weighted by molar-refractivity contribution is 5.90. The van der Waals surface area contributed by atoms with Gasteiger partial charge in [0, 0.05) is 17.3 Å². The number of aromatic nitrogens is 3. The van der Waals surface area contributed by atoms with Gasteiger partial charge in [0.1, 0.15) is 12.4 Å². The summed E-state index contributed by atoms with van der Waals surface area (Å²) in [5, 5.41) is 0. The van der Waals surface area contributed by atoms with Crippen LogP contribution >= 0.6 is 0 Å². The number of alkyl halides is 3. The predicted octanol–water partition coefficient (Wildman–Crippen LogP) is 4.37. The zero-order valence-corrected chi connectivity index (χ0v) is 16.5. The number of H-pyrrole nitrogens is 1. The lowest BCUT2D eigenvalue weighted by molar-refractivity contribution is -0.139. The van der Waals surface area contributed by atoms with Crippen LogP contribution in [-0.4, -0.2) is 27.1 Å². The second-order valence-electron chi connectivity index (χ2n) is 7.93. The number of rotatable bonds is 6.